The number of carbonyl (C=O) groups is 3. The molecule has 3 aliphatic heterocycles. The van der Waals surface area contributed by atoms with E-state index in [9.17, 15) is 14.4 Å². The number of nitrogens with one attached hydrogen (secondary N) is 1. The van der Waals surface area contributed by atoms with Gasteiger partial charge in [0.05, 0.1) is 24.1 Å². The first-order chi connectivity index (χ1) is 20.4. The van der Waals surface area contributed by atoms with Gasteiger partial charge in [0.2, 0.25) is 5.91 Å². The van der Waals surface area contributed by atoms with Crippen molar-refractivity contribution >= 4 is 46.0 Å². The maximum absolute atomic E-state index is 14.9. The fourth-order valence-electron chi connectivity index (χ4n) is 7.16. The largest absolute Gasteiger partial charge is 0.497 e. The fourth-order valence-corrected chi connectivity index (χ4v) is 7.39. The molecule has 4 atom stereocenters. The van der Waals surface area contributed by atoms with Crippen LogP contribution in [0.3, 0.4) is 0 Å². The van der Waals surface area contributed by atoms with E-state index in [1.54, 1.807) is 55.6 Å². The molecule has 7 heteroatoms. The molecule has 42 heavy (non-hydrogen) atoms. The Morgan fingerprint density at radius 3 is 2.45 bits per heavy atom. The van der Waals surface area contributed by atoms with Crippen LogP contribution in [-0.2, 0) is 10.2 Å². The summed E-state index contributed by atoms with van der Waals surface area (Å²) in [5.74, 6) is -1.51. The van der Waals surface area contributed by atoms with Gasteiger partial charge in [0.1, 0.15) is 17.2 Å². The number of rotatable bonds is 5. The molecule has 0 aromatic heterocycles. The third-order valence-corrected chi connectivity index (χ3v) is 9.26. The number of anilines is 2. The van der Waals surface area contributed by atoms with E-state index in [-0.39, 0.29) is 28.1 Å². The molecule has 1 amide bonds. The van der Waals surface area contributed by atoms with Gasteiger partial charge in [0.25, 0.3) is 0 Å². The first kappa shape index (κ1) is 26.2. The van der Waals surface area contributed by atoms with Crippen LogP contribution in [0.15, 0.2) is 103 Å². The van der Waals surface area contributed by atoms with E-state index < -0.39 is 23.4 Å². The molecule has 0 bridgehead atoms. The Balaban J connectivity index is 1.56. The highest BCUT2D eigenvalue weighted by Gasteiger charge is 2.70. The minimum absolute atomic E-state index is 0.272. The molecule has 4 aromatic carbocycles. The summed E-state index contributed by atoms with van der Waals surface area (Å²) in [6.07, 6.45) is 2.04. The fraction of sp³-hybridized carbons (Fsp3) is 0.171. The maximum atomic E-state index is 14.9. The number of benzene rings is 4. The van der Waals surface area contributed by atoms with E-state index in [1.165, 1.54) is 0 Å². The maximum Gasteiger partial charge on any atom is 0.238 e. The molecule has 3 aliphatic rings. The highest BCUT2D eigenvalue weighted by molar-refractivity contribution is 6.34. The summed E-state index contributed by atoms with van der Waals surface area (Å²) >= 11 is 6.62. The third-order valence-electron chi connectivity index (χ3n) is 8.93. The molecule has 1 spiro atoms. The van der Waals surface area contributed by atoms with E-state index in [4.69, 9.17) is 16.3 Å². The van der Waals surface area contributed by atoms with Crippen LogP contribution >= 0.6 is 11.6 Å². The standard InChI is InChI=1S/C35H27ClN2O4/c1-20-18-29-35(25-14-5-7-16-27(25)37-34(35)41)30(33(40)24-13-3-6-15-26(24)36)31(38(29)28-17-8-4-12-23(20)28)32(39)21-10-9-11-22(19-21)42-2/h3-19,29-31H,1-2H3,(H,37,41)/t29-,30-,31+,35-/m0/s1. The van der Waals surface area contributed by atoms with E-state index in [0.29, 0.717) is 22.6 Å². The number of hydrogen-bond acceptors (Lipinski definition) is 5. The SMILES string of the molecule is COc1cccc(C(=O)[C@H]2[C@@H](C(=O)c3ccccc3Cl)[C@@]3(C(=O)Nc4ccccc43)[C@@H]3C=C(C)c4ccccc4N32)c1. The average molecular weight is 575 g/mol. The number of hydrogen-bond donors (Lipinski definition) is 1. The summed E-state index contributed by atoms with van der Waals surface area (Å²) in [4.78, 5) is 46.2. The Morgan fingerprint density at radius 2 is 1.64 bits per heavy atom. The van der Waals surface area contributed by atoms with Crippen molar-refractivity contribution in [1.82, 2.24) is 0 Å². The van der Waals surface area contributed by atoms with Gasteiger partial charge >= 0.3 is 0 Å². The van der Waals surface area contributed by atoms with Crippen molar-refractivity contribution < 1.29 is 19.1 Å². The number of ether oxygens (including phenoxy) is 1. The molecule has 0 aliphatic carbocycles. The molecule has 7 rings (SSSR count). The van der Waals surface area contributed by atoms with Gasteiger partial charge in [-0.1, -0.05) is 78.3 Å². The van der Waals surface area contributed by atoms with Crippen LogP contribution < -0.4 is 15.0 Å². The molecule has 6 nitrogen and oxygen atoms in total. The number of fused-ring (bicyclic) bond motifs is 6. The topological polar surface area (TPSA) is 75.7 Å². The van der Waals surface area contributed by atoms with Crippen LogP contribution in [0.25, 0.3) is 5.57 Å². The quantitative estimate of drug-likeness (QED) is 0.272. The van der Waals surface area contributed by atoms with Crippen molar-refractivity contribution in [2.75, 3.05) is 17.3 Å². The second kappa shape index (κ2) is 9.71. The molecule has 0 saturated carbocycles. The predicted molar refractivity (Wildman–Crippen MR) is 163 cm³/mol. The van der Waals surface area contributed by atoms with Crippen molar-refractivity contribution in [3.05, 3.63) is 130 Å². The predicted octanol–water partition coefficient (Wildman–Crippen LogP) is 6.59. The highest BCUT2D eigenvalue weighted by atomic mass is 35.5. The molecule has 0 unspecified atom stereocenters. The lowest BCUT2D eigenvalue weighted by atomic mass is 9.64. The first-order valence-electron chi connectivity index (χ1n) is 13.8. The molecular formula is C35H27ClN2O4. The third kappa shape index (κ3) is 3.55. The number of halogens is 1. The molecular weight excluding hydrogens is 548 g/mol. The van der Waals surface area contributed by atoms with Crippen molar-refractivity contribution in [2.24, 2.45) is 5.92 Å². The number of ketones is 2. The minimum atomic E-state index is -1.40. The van der Waals surface area contributed by atoms with Crippen LogP contribution in [0, 0.1) is 5.92 Å². The minimum Gasteiger partial charge on any atom is -0.497 e. The van der Waals surface area contributed by atoms with Crippen molar-refractivity contribution in [2.45, 2.75) is 24.4 Å². The highest BCUT2D eigenvalue weighted by Crippen LogP contribution is 2.59. The molecule has 1 fully saturated rings. The van der Waals surface area contributed by atoms with Crippen LogP contribution in [0.2, 0.25) is 5.02 Å². The van der Waals surface area contributed by atoms with E-state index >= 15 is 0 Å². The Kier molecular flexibility index (Phi) is 6.06. The zero-order valence-electron chi connectivity index (χ0n) is 23.0. The summed E-state index contributed by atoms with van der Waals surface area (Å²) in [7, 11) is 1.54. The zero-order valence-corrected chi connectivity index (χ0v) is 23.8. The Morgan fingerprint density at radius 1 is 0.905 bits per heavy atom. The van der Waals surface area contributed by atoms with Gasteiger partial charge < -0.3 is 15.0 Å². The number of allylic oxidation sites excluding steroid dienone is 1. The molecule has 1 N–H and O–H groups in total. The second-order valence-corrected chi connectivity index (χ2v) is 11.4. The summed E-state index contributed by atoms with van der Waals surface area (Å²) in [5, 5.41) is 3.33. The monoisotopic (exact) mass is 574 g/mol. The lowest BCUT2D eigenvalue weighted by molar-refractivity contribution is -0.121. The van der Waals surface area contributed by atoms with Gasteiger partial charge in [-0.2, -0.15) is 0 Å². The Hall–Kier alpha value is -4.68. The first-order valence-corrected chi connectivity index (χ1v) is 14.2. The molecule has 0 radical (unpaired) electrons. The summed E-state index contributed by atoms with van der Waals surface area (Å²) in [5.41, 5.74) is 3.32. The number of Topliss-reactive ketones (excluding diaryl/α,β-unsaturated/α-hetero) is 2. The summed E-state index contributed by atoms with van der Waals surface area (Å²) < 4.78 is 5.44. The Labute approximate surface area is 248 Å². The van der Waals surface area contributed by atoms with Crippen molar-refractivity contribution in [3.63, 3.8) is 0 Å². The van der Waals surface area contributed by atoms with Gasteiger partial charge in [0.15, 0.2) is 11.6 Å². The zero-order chi connectivity index (χ0) is 29.2. The lowest BCUT2D eigenvalue weighted by Crippen LogP contribution is -2.51. The number of methoxy groups -OCH3 is 1. The number of para-hydroxylation sites is 2. The number of nitrogens with zero attached hydrogens (tertiary/aromatic N) is 1. The molecule has 3 heterocycles. The normalized spacial score (nSPS) is 23.5. The van der Waals surface area contributed by atoms with Gasteiger partial charge in [-0.3, -0.25) is 14.4 Å². The van der Waals surface area contributed by atoms with Gasteiger partial charge in [-0.25, -0.2) is 0 Å². The van der Waals surface area contributed by atoms with Gasteiger partial charge in [-0.15, -0.1) is 0 Å². The molecule has 4 aromatic rings. The second-order valence-electron chi connectivity index (χ2n) is 11.0. The van der Waals surface area contributed by atoms with Crippen molar-refractivity contribution in [3.8, 4) is 5.75 Å². The van der Waals surface area contributed by atoms with Crippen LogP contribution in [0.5, 0.6) is 5.75 Å². The van der Waals surface area contributed by atoms with E-state index in [1.807, 2.05) is 66.4 Å². The van der Waals surface area contributed by atoms with Crippen LogP contribution in [0.4, 0.5) is 11.4 Å². The lowest BCUT2D eigenvalue weighted by Gasteiger charge is -2.39. The van der Waals surface area contributed by atoms with Crippen molar-refractivity contribution in [1.29, 1.82) is 0 Å². The van der Waals surface area contributed by atoms with E-state index in [2.05, 4.69) is 5.32 Å². The number of carbonyl (C=O) groups excluding carboxylic acids is 3. The average Bonchev–Trinajstić information content (AvgIpc) is 3.49. The van der Waals surface area contributed by atoms with Gasteiger partial charge in [0, 0.05) is 28.1 Å². The summed E-state index contributed by atoms with van der Waals surface area (Å²) in [6.45, 7) is 2.00. The number of amides is 1. The summed E-state index contributed by atoms with van der Waals surface area (Å²) in [6, 6.07) is 27.4. The molecule has 208 valence electrons. The molecule has 1 saturated heterocycles. The van der Waals surface area contributed by atoms with Crippen LogP contribution in [-0.4, -0.2) is 36.7 Å². The Bertz CT molecular complexity index is 1830. The smallest absolute Gasteiger partial charge is 0.238 e. The van der Waals surface area contributed by atoms with Gasteiger partial charge in [-0.05, 0) is 54.5 Å². The van der Waals surface area contributed by atoms with E-state index in [0.717, 1.165) is 16.8 Å². The van der Waals surface area contributed by atoms with Crippen LogP contribution in [0.1, 0.15) is 38.8 Å².